The van der Waals surface area contributed by atoms with Gasteiger partial charge < -0.3 is 31.9 Å². The van der Waals surface area contributed by atoms with Gasteiger partial charge in [-0.25, -0.2) is 0 Å². The molecule has 154 valence electrons. The number of rotatable bonds is 13. The number of carbonyl (C=O) groups is 5. The highest BCUT2D eigenvalue weighted by Gasteiger charge is 2.23. The summed E-state index contributed by atoms with van der Waals surface area (Å²) < 4.78 is 0. The van der Waals surface area contributed by atoms with Crippen molar-refractivity contribution in [3.63, 3.8) is 0 Å². The molecule has 0 bridgehead atoms. The van der Waals surface area contributed by atoms with E-state index >= 15 is 0 Å². The summed E-state index contributed by atoms with van der Waals surface area (Å²) in [4.78, 5) is 56.8. The summed E-state index contributed by atoms with van der Waals surface area (Å²) in [5.74, 6) is -3.73. The normalized spacial score (nSPS) is 12.5. The first-order valence-electron chi connectivity index (χ1n) is 7.91. The number of carboxylic acid groups (broad SMARTS) is 2. The van der Waals surface area contributed by atoms with E-state index in [2.05, 4.69) is 16.0 Å². The Kier molecular flexibility index (Phi) is 13.0. The number of hydrogen-bond donors (Lipinski definition) is 6. The van der Waals surface area contributed by atoms with E-state index in [9.17, 15) is 24.0 Å². The summed E-state index contributed by atoms with van der Waals surface area (Å²) in [5.41, 5.74) is 5.30. The van der Waals surface area contributed by atoms with Gasteiger partial charge in [-0.1, -0.05) is 11.8 Å². The van der Waals surface area contributed by atoms with Crippen LogP contribution in [0.5, 0.6) is 0 Å². The maximum Gasteiger partial charge on any atom is 0.322 e. The van der Waals surface area contributed by atoms with Crippen molar-refractivity contribution in [2.45, 2.75) is 31.3 Å². The monoisotopic (exact) mass is 426 g/mol. The fourth-order valence-electron chi connectivity index (χ4n) is 1.61. The van der Waals surface area contributed by atoms with Gasteiger partial charge in [0, 0.05) is 24.6 Å². The third-order valence-electron chi connectivity index (χ3n) is 3.03. The highest BCUT2D eigenvalue weighted by molar-refractivity contribution is 8.13. The Morgan fingerprint density at radius 2 is 1.78 bits per heavy atom. The lowest BCUT2D eigenvalue weighted by molar-refractivity contribution is -0.139. The van der Waals surface area contributed by atoms with Gasteiger partial charge in [0.1, 0.15) is 18.6 Å². The van der Waals surface area contributed by atoms with E-state index in [0.717, 1.165) is 11.8 Å². The average molecular weight is 427 g/mol. The van der Waals surface area contributed by atoms with Crippen molar-refractivity contribution >= 4 is 52.4 Å². The van der Waals surface area contributed by atoms with Gasteiger partial charge in [-0.3, -0.25) is 24.0 Å². The Hall–Kier alpha value is -2.05. The zero-order chi connectivity index (χ0) is 20.8. The van der Waals surface area contributed by atoms with Crippen molar-refractivity contribution in [1.29, 1.82) is 0 Å². The second-order valence-electron chi connectivity index (χ2n) is 5.28. The standard InChI is InChI=1S/C14H23ClN4O7S/c15-4-1-5-17-14(26)27-7-9(12(23)18-6-11(21)22)19-10(20)3-2-8(16)13(24)25/h8-9H,1-7,16H2,(H,17,26)(H,18,23)(H,19,20)(H,21,22)(H,24,25)/t8-,9-/m0/s1. The molecule has 0 aliphatic carbocycles. The molecule has 0 radical (unpaired) electrons. The van der Waals surface area contributed by atoms with E-state index < -0.39 is 47.6 Å². The molecule has 0 heterocycles. The molecule has 0 saturated carbocycles. The number of amides is 3. The Bertz CT molecular complexity index is 550. The van der Waals surface area contributed by atoms with Crippen LogP contribution >= 0.6 is 23.4 Å². The predicted molar refractivity (Wildman–Crippen MR) is 98.6 cm³/mol. The molecule has 27 heavy (non-hydrogen) atoms. The number of carbonyl (C=O) groups excluding carboxylic acids is 3. The quantitative estimate of drug-likeness (QED) is 0.157. The third kappa shape index (κ3) is 12.9. The largest absolute Gasteiger partial charge is 0.480 e. The second-order valence-corrected chi connectivity index (χ2v) is 6.65. The minimum absolute atomic E-state index is 0.142. The molecule has 2 atom stereocenters. The fourth-order valence-corrected chi connectivity index (χ4v) is 2.50. The number of nitrogens with one attached hydrogen (secondary N) is 3. The van der Waals surface area contributed by atoms with E-state index in [0.29, 0.717) is 18.8 Å². The Balaban J connectivity index is 4.65. The van der Waals surface area contributed by atoms with Gasteiger partial charge in [0.25, 0.3) is 5.24 Å². The molecule has 0 aromatic heterocycles. The third-order valence-corrected chi connectivity index (χ3v) is 4.20. The van der Waals surface area contributed by atoms with Crippen LogP contribution in [0.1, 0.15) is 19.3 Å². The van der Waals surface area contributed by atoms with Crippen molar-refractivity contribution < 1.29 is 34.2 Å². The Morgan fingerprint density at radius 1 is 1.11 bits per heavy atom. The van der Waals surface area contributed by atoms with Gasteiger partial charge in [0.15, 0.2) is 0 Å². The van der Waals surface area contributed by atoms with Crippen LogP contribution in [0.15, 0.2) is 0 Å². The minimum atomic E-state index is -1.27. The van der Waals surface area contributed by atoms with E-state index in [1.54, 1.807) is 0 Å². The van der Waals surface area contributed by atoms with E-state index in [4.69, 9.17) is 27.5 Å². The molecule has 0 rings (SSSR count). The smallest absolute Gasteiger partial charge is 0.322 e. The first-order chi connectivity index (χ1) is 12.7. The highest BCUT2D eigenvalue weighted by Crippen LogP contribution is 2.06. The van der Waals surface area contributed by atoms with Crippen LogP contribution in [-0.2, 0) is 19.2 Å². The Morgan fingerprint density at radius 3 is 2.33 bits per heavy atom. The zero-order valence-corrected chi connectivity index (χ0v) is 16.0. The molecule has 0 aromatic rings. The van der Waals surface area contributed by atoms with Crippen molar-refractivity contribution in [2.75, 3.05) is 24.7 Å². The fraction of sp³-hybridized carbons (Fsp3) is 0.643. The molecule has 0 aromatic carbocycles. The zero-order valence-electron chi connectivity index (χ0n) is 14.4. The molecule has 0 fully saturated rings. The van der Waals surface area contributed by atoms with Crippen LogP contribution in [-0.4, -0.2) is 76.0 Å². The van der Waals surface area contributed by atoms with Crippen LogP contribution in [0.3, 0.4) is 0 Å². The number of hydrogen-bond acceptors (Lipinski definition) is 7. The number of carboxylic acids is 2. The number of thioether (sulfide) groups is 1. The highest BCUT2D eigenvalue weighted by atomic mass is 35.5. The topological polar surface area (TPSA) is 188 Å². The van der Waals surface area contributed by atoms with Gasteiger partial charge in [-0.05, 0) is 12.8 Å². The molecule has 3 amide bonds. The second kappa shape index (κ2) is 14.1. The predicted octanol–water partition coefficient (Wildman–Crippen LogP) is -1.06. The van der Waals surface area contributed by atoms with Crippen LogP contribution in [0, 0.1) is 0 Å². The molecule has 0 aliphatic heterocycles. The van der Waals surface area contributed by atoms with Crippen LogP contribution in [0.2, 0.25) is 0 Å². The number of alkyl halides is 1. The van der Waals surface area contributed by atoms with Crippen LogP contribution in [0.25, 0.3) is 0 Å². The average Bonchev–Trinajstić information content (AvgIpc) is 2.60. The summed E-state index contributed by atoms with van der Waals surface area (Å²) in [6, 6.07) is -2.40. The molecular weight excluding hydrogens is 404 g/mol. The van der Waals surface area contributed by atoms with Gasteiger partial charge in [0.2, 0.25) is 11.8 Å². The molecule has 13 heteroatoms. The molecule has 0 spiro atoms. The Labute approximate surface area is 164 Å². The lowest BCUT2D eigenvalue weighted by Crippen LogP contribution is -2.49. The van der Waals surface area contributed by atoms with E-state index in [-0.39, 0.29) is 18.6 Å². The van der Waals surface area contributed by atoms with Crippen molar-refractivity contribution in [3.8, 4) is 0 Å². The maximum atomic E-state index is 12.0. The van der Waals surface area contributed by atoms with Crippen molar-refractivity contribution in [1.82, 2.24) is 16.0 Å². The minimum Gasteiger partial charge on any atom is -0.480 e. The maximum absolute atomic E-state index is 12.0. The lowest BCUT2D eigenvalue weighted by Gasteiger charge is -2.18. The lowest BCUT2D eigenvalue weighted by atomic mass is 10.1. The van der Waals surface area contributed by atoms with E-state index in [1.165, 1.54) is 0 Å². The SMILES string of the molecule is N[C@@H](CCC(=O)N[C@@H](CSC(=O)NCCCCl)C(=O)NCC(=O)O)C(=O)O. The number of nitrogens with two attached hydrogens (primary N) is 1. The number of aliphatic carboxylic acids is 2. The molecule has 0 aliphatic rings. The summed E-state index contributed by atoms with van der Waals surface area (Å²) >= 11 is 6.22. The van der Waals surface area contributed by atoms with Gasteiger partial charge in [-0.15, -0.1) is 11.6 Å². The van der Waals surface area contributed by atoms with Crippen LogP contribution < -0.4 is 21.7 Å². The molecule has 7 N–H and O–H groups in total. The molecule has 11 nitrogen and oxygen atoms in total. The first-order valence-corrected chi connectivity index (χ1v) is 9.43. The van der Waals surface area contributed by atoms with Gasteiger partial charge in [-0.2, -0.15) is 0 Å². The van der Waals surface area contributed by atoms with Gasteiger partial charge in [0.05, 0.1) is 0 Å². The van der Waals surface area contributed by atoms with E-state index in [1.807, 2.05) is 0 Å². The molecule has 0 saturated heterocycles. The van der Waals surface area contributed by atoms with Gasteiger partial charge >= 0.3 is 11.9 Å². The van der Waals surface area contributed by atoms with Crippen LogP contribution in [0.4, 0.5) is 4.79 Å². The first kappa shape index (κ1) is 24.9. The summed E-state index contributed by atoms with van der Waals surface area (Å²) in [7, 11) is 0. The van der Waals surface area contributed by atoms with Crippen molar-refractivity contribution in [2.24, 2.45) is 5.73 Å². The summed E-state index contributed by atoms with van der Waals surface area (Å²) in [6.45, 7) is -0.299. The number of halogens is 1. The summed E-state index contributed by atoms with van der Waals surface area (Å²) in [6.07, 6.45) is 0.177. The van der Waals surface area contributed by atoms with Crippen molar-refractivity contribution in [3.05, 3.63) is 0 Å². The summed E-state index contributed by atoms with van der Waals surface area (Å²) in [5, 5.41) is 23.9. The molecular formula is C14H23ClN4O7S. The molecule has 0 unspecified atom stereocenters.